The molecule has 1 aliphatic heterocycles. The van der Waals surface area contributed by atoms with Crippen LogP contribution in [0, 0.1) is 0 Å². The normalized spacial score (nSPS) is 13.9. The lowest BCUT2D eigenvalue weighted by Crippen LogP contribution is -2.44. The van der Waals surface area contributed by atoms with Gasteiger partial charge in [0, 0.05) is 11.1 Å². The van der Waals surface area contributed by atoms with Gasteiger partial charge in [-0.1, -0.05) is 23.2 Å². The van der Waals surface area contributed by atoms with Crippen LogP contribution in [0.15, 0.2) is 48.7 Å². The summed E-state index contributed by atoms with van der Waals surface area (Å²) in [5.74, 6) is 2.02. The third-order valence-corrected chi connectivity index (χ3v) is 6.14. The van der Waals surface area contributed by atoms with Crippen LogP contribution in [0.2, 0.25) is 10.0 Å². The van der Waals surface area contributed by atoms with Gasteiger partial charge in [-0.3, -0.25) is 4.79 Å². The van der Waals surface area contributed by atoms with Crippen LogP contribution in [-0.2, 0) is 13.0 Å². The number of halogens is 2. The predicted octanol–water partition coefficient (Wildman–Crippen LogP) is 5.54. The fourth-order valence-corrected chi connectivity index (χ4v) is 4.23. The number of ether oxygens (including phenoxy) is 1. The van der Waals surface area contributed by atoms with Crippen molar-refractivity contribution in [1.29, 1.82) is 0 Å². The fraction of sp³-hybridized carbons (Fsp3) is 0.304. The predicted molar refractivity (Wildman–Crippen MR) is 115 cm³/mol. The summed E-state index contributed by atoms with van der Waals surface area (Å²) >= 11 is 12.3. The highest BCUT2D eigenvalue weighted by Crippen LogP contribution is 2.31. The molecule has 0 radical (unpaired) electrons. The molecule has 4 rings (SSSR count). The van der Waals surface area contributed by atoms with E-state index in [4.69, 9.17) is 27.9 Å². The average Bonchev–Trinajstić information content (AvgIpc) is 3.33. The second-order valence-electron chi connectivity index (χ2n) is 7.22. The lowest BCUT2D eigenvalue weighted by atomic mass is 10.0. The number of carbonyl (C=O) groups is 1. The van der Waals surface area contributed by atoms with Gasteiger partial charge in [0.05, 0.1) is 29.6 Å². The highest BCUT2D eigenvalue weighted by Gasteiger charge is 2.33. The molecule has 2 heterocycles. The zero-order valence-electron chi connectivity index (χ0n) is 16.5. The van der Waals surface area contributed by atoms with Crippen molar-refractivity contribution in [3.63, 3.8) is 0 Å². The number of carbonyl (C=O) groups excluding carboxylic acids is 1. The van der Waals surface area contributed by atoms with Crippen molar-refractivity contribution in [2.75, 3.05) is 6.61 Å². The third kappa shape index (κ3) is 3.79. The SMILES string of the molecule is CCOc1ccc(C(=O)C(C)[n+]2cc(-c3ccc(Cl)c(Cl)c3)n3c2CCC3)cc1. The monoisotopic (exact) mass is 429 g/mol. The van der Waals surface area contributed by atoms with Crippen molar-refractivity contribution in [3.8, 4) is 17.0 Å². The van der Waals surface area contributed by atoms with Crippen LogP contribution in [0.5, 0.6) is 5.75 Å². The molecule has 0 saturated carbocycles. The number of hydrogen-bond donors (Lipinski definition) is 0. The van der Waals surface area contributed by atoms with Crippen LogP contribution in [0.25, 0.3) is 11.3 Å². The highest BCUT2D eigenvalue weighted by atomic mass is 35.5. The van der Waals surface area contributed by atoms with Gasteiger partial charge < -0.3 is 4.74 Å². The van der Waals surface area contributed by atoms with E-state index in [1.807, 2.05) is 56.3 Å². The van der Waals surface area contributed by atoms with Gasteiger partial charge in [0.1, 0.15) is 11.9 Å². The molecule has 2 aromatic carbocycles. The standard InChI is InChI=1S/C23H23Cl2N2O2/c1-3-29-18-9-6-16(7-10-18)23(28)15(2)27-14-21(26-12-4-5-22(26)27)17-8-11-19(24)20(25)13-17/h6-11,13-15H,3-5,12H2,1-2H3/q+1. The maximum atomic E-state index is 13.1. The lowest BCUT2D eigenvalue weighted by Gasteiger charge is -2.10. The summed E-state index contributed by atoms with van der Waals surface area (Å²) in [7, 11) is 0. The number of hydrogen-bond acceptors (Lipinski definition) is 2. The van der Waals surface area contributed by atoms with Crippen LogP contribution in [0.3, 0.4) is 0 Å². The van der Waals surface area contributed by atoms with Crippen molar-refractivity contribution >= 4 is 29.0 Å². The molecule has 1 aliphatic rings. The van der Waals surface area contributed by atoms with E-state index in [-0.39, 0.29) is 11.8 Å². The molecule has 0 saturated heterocycles. The minimum absolute atomic E-state index is 0.0824. The summed E-state index contributed by atoms with van der Waals surface area (Å²) in [6.07, 6.45) is 4.07. The summed E-state index contributed by atoms with van der Waals surface area (Å²) in [6.45, 7) is 5.43. The zero-order chi connectivity index (χ0) is 20.5. The number of nitrogens with zero attached hydrogens (tertiary/aromatic N) is 2. The molecule has 1 unspecified atom stereocenters. The van der Waals surface area contributed by atoms with Crippen LogP contribution in [-0.4, -0.2) is 17.0 Å². The largest absolute Gasteiger partial charge is 0.494 e. The first-order valence-electron chi connectivity index (χ1n) is 9.85. The molecule has 3 aromatic rings. The quantitative estimate of drug-likeness (QED) is 0.380. The summed E-state index contributed by atoms with van der Waals surface area (Å²) in [4.78, 5) is 13.1. The van der Waals surface area contributed by atoms with Gasteiger partial charge in [0.25, 0.3) is 5.82 Å². The Bertz CT molecular complexity index is 1060. The summed E-state index contributed by atoms with van der Waals surface area (Å²) in [5.41, 5.74) is 2.74. The summed E-state index contributed by atoms with van der Waals surface area (Å²) in [5, 5.41) is 1.07. The van der Waals surface area contributed by atoms with Crippen molar-refractivity contribution in [2.45, 2.75) is 39.3 Å². The minimum Gasteiger partial charge on any atom is -0.494 e. The molecule has 0 fully saturated rings. The first kappa shape index (κ1) is 20.0. The van der Waals surface area contributed by atoms with E-state index >= 15 is 0 Å². The van der Waals surface area contributed by atoms with E-state index in [0.717, 1.165) is 42.2 Å². The molecular formula is C23H23Cl2N2O2+. The van der Waals surface area contributed by atoms with E-state index in [1.54, 1.807) is 0 Å². The number of rotatable bonds is 6. The van der Waals surface area contributed by atoms with E-state index in [0.29, 0.717) is 22.2 Å². The van der Waals surface area contributed by atoms with E-state index in [2.05, 4.69) is 15.3 Å². The Morgan fingerprint density at radius 3 is 2.62 bits per heavy atom. The van der Waals surface area contributed by atoms with Crippen LogP contribution < -0.4 is 9.30 Å². The Kier molecular flexibility index (Phi) is 5.66. The Morgan fingerprint density at radius 2 is 1.93 bits per heavy atom. The number of fused-ring (bicyclic) bond motifs is 1. The Hall–Kier alpha value is -2.30. The Morgan fingerprint density at radius 1 is 1.17 bits per heavy atom. The lowest BCUT2D eigenvalue weighted by molar-refractivity contribution is -0.710. The molecule has 1 atom stereocenters. The first-order chi connectivity index (χ1) is 14.0. The van der Waals surface area contributed by atoms with Gasteiger partial charge in [-0.2, -0.15) is 0 Å². The zero-order valence-corrected chi connectivity index (χ0v) is 18.0. The molecule has 0 spiro atoms. The van der Waals surface area contributed by atoms with Crippen LogP contribution in [0.1, 0.15) is 42.5 Å². The Balaban J connectivity index is 1.67. The summed E-state index contributed by atoms with van der Waals surface area (Å²) in [6, 6.07) is 12.7. The average molecular weight is 430 g/mol. The topological polar surface area (TPSA) is 35.1 Å². The molecule has 29 heavy (non-hydrogen) atoms. The second-order valence-corrected chi connectivity index (χ2v) is 8.03. The number of Topliss-reactive ketones (excluding diaryl/α,β-unsaturated/α-hetero) is 1. The molecular weight excluding hydrogens is 407 g/mol. The van der Waals surface area contributed by atoms with Gasteiger partial charge >= 0.3 is 0 Å². The van der Waals surface area contributed by atoms with E-state index in [9.17, 15) is 4.79 Å². The maximum Gasteiger partial charge on any atom is 0.257 e. The third-order valence-electron chi connectivity index (χ3n) is 5.41. The molecule has 6 heteroatoms. The minimum atomic E-state index is -0.302. The number of ketones is 1. The molecule has 0 N–H and O–H groups in total. The molecule has 150 valence electrons. The first-order valence-corrected chi connectivity index (χ1v) is 10.6. The number of imidazole rings is 1. The number of benzene rings is 2. The van der Waals surface area contributed by atoms with Crippen LogP contribution in [0.4, 0.5) is 0 Å². The molecule has 1 aromatic heterocycles. The molecule has 0 amide bonds. The molecule has 0 aliphatic carbocycles. The van der Waals surface area contributed by atoms with Crippen molar-refractivity contribution < 1.29 is 14.1 Å². The Labute approximate surface area is 180 Å². The fourth-order valence-electron chi connectivity index (χ4n) is 3.93. The highest BCUT2D eigenvalue weighted by molar-refractivity contribution is 6.42. The van der Waals surface area contributed by atoms with Crippen molar-refractivity contribution in [3.05, 3.63) is 70.1 Å². The smallest absolute Gasteiger partial charge is 0.257 e. The van der Waals surface area contributed by atoms with Gasteiger partial charge in [-0.05, 0) is 62.7 Å². The maximum absolute atomic E-state index is 13.1. The molecule has 4 nitrogen and oxygen atoms in total. The van der Waals surface area contributed by atoms with Crippen LogP contribution >= 0.6 is 23.2 Å². The van der Waals surface area contributed by atoms with Gasteiger partial charge in [0.2, 0.25) is 5.78 Å². The van der Waals surface area contributed by atoms with Crippen molar-refractivity contribution in [2.24, 2.45) is 0 Å². The van der Waals surface area contributed by atoms with Gasteiger partial charge in [-0.15, -0.1) is 0 Å². The van der Waals surface area contributed by atoms with Crippen molar-refractivity contribution in [1.82, 2.24) is 4.57 Å². The number of aromatic nitrogens is 2. The van der Waals surface area contributed by atoms with E-state index in [1.165, 1.54) is 0 Å². The van der Waals surface area contributed by atoms with Gasteiger partial charge in [0.15, 0.2) is 11.7 Å². The van der Waals surface area contributed by atoms with E-state index < -0.39 is 0 Å². The van der Waals surface area contributed by atoms with Gasteiger partial charge in [-0.25, -0.2) is 9.13 Å². The second kappa shape index (κ2) is 8.21. The molecule has 0 bridgehead atoms. The summed E-state index contributed by atoms with van der Waals surface area (Å²) < 4.78 is 9.86.